The lowest BCUT2D eigenvalue weighted by Crippen LogP contribution is -2.20. The summed E-state index contributed by atoms with van der Waals surface area (Å²) >= 11 is 0. The van der Waals surface area contributed by atoms with Crippen molar-refractivity contribution in [3.05, 3.63) is 48.5 Å². The highest BCUT2D eigenvalue weighted by molar-refractivity contribution is 5.93. The van der Waals surface area contributed by atoms with Crippen LogP contribution in [0.3, 0.4) is 0 Å². The molecule has 0 saturated heterocycles. The van der Waals surface area contributed by atoms with Crippen LogP contribution in [0.4, 0.5) is 11.4 Å². The van der Waals surface area contributed by atoms with E-state index < -0.39 is 0 Å². The normalized spacial score (nSPS) is 9.95. The molecular formula is C16H18N2O3. The molecule has 0 aliphatic rings. The monoisotopic (exact) mass is 286 g/mol. The number of rotatable bonds is 6. The molecule has 0 unspecified atom stereocenters. The Kier molecular flexibility index (Phi) is 5.04. The average molecular weight is 286 g/mol. The highest BCUT2D eigenvalue weighted by Crippen LogP contribution is 2.24. The molecule has 0 bridgehead atoms. The number of ether oxygens (including phenoxy) is 2. The van der Waals surface area contributed by atoms with Gasteiger partial charge >= 0.3 is 0 Å². The van der Waals surface area contributed by atoms with Crippen molar-refractivity contribution < 1.29 is 14.3 Å². The Labute approximate surface area is 123 Å². The summed E-state index contributed by atoms with van der Waals surface area (Å²) in [5.41, 5.74) is 6.87. The van der Waals surface area contributed by atoms with E-state index in [-0.39, 0.29) is 12.5 Å². The first-order valence-corrected chi connectivity index (χ1v) is 6.69. The summed E-state index contributed by atoms with van der Waals surface area (Å²) < 4.78 is 10.8. The highest BCUT2D eigenvalue weighted by atomic mass is 16.5. The predicted molar refractivity (Wildman–Crippen MR) is 82.6 cm³/mol. The maximum Gasteiger partial charge on any atom is 0.262 e. The summed E-state index contributed by atoms with van der Waals surface area (Å²) in [7, 11) is 0. The SMILES string of the molecule is CCOc1ccccc1NC(=O)COc1ccccc1N. The minimum Gasteiger partial charge on any atom is -0.492 e. The van der Waals surface area contributed by atoms with Crippen LogP contribution in [0.5, 0.6) is 11.5 Å². The number of nitrogens with two attached hydrogens (primary N) is 1. The smallest absolute Gasteiger partial charge is 0.262 e. The van der Waals surface area contributed by atoms with Crippen molar-refractivity contribution in [2.75, 3.05) is 24.3 Å². The first-order valence-electron chi connectivity index (χ1n) is 6.69. The maximum atomic E-state index is 11.9. The molecule has 2 rings (SSSR count). The van der Waals surface area contributed by atoms with Crippen molar-refractivity contribution >= 4 is 17.3 Å². The lowest BCUT2D eigenvalue weighted by atomic mass is 10.3. The minimum absolute atomic E-state index is 0.116. The average Bonchev–Trinajstić information content (AvgIpc) is 2.49. The molecule has 3 N–H and O–H groups in total. The topological polar surface area (TPSA) is 73.6 Å². The van der Waals surface area contributed by atoms with Gasteiger partial charge in [-0.2, -0.15) is 0 Å². The van der Waals surface area contributed by atoms with Crippen LogP contribution in [0.15, 0.2) is 48.5 Å². The molecule has 2 aromatic carbocycles. The number of nitrogen functional groups attached to an aromatic ring is 1. The van der Waals surface area contributed by atoms with Crippen molar-refractivity contribution in [1.82, 2.24) is 0 Å². The van der Waals surface area contributed by atoms with Crippen molar-refractivity contribution in [2.24, 2.45) is 0 Å². The molecule has 0 aliphatic heterocycles. The third-order valence-electron chi connectivity index (χ3n) is 2.74. The summed E-state index contributed by atoms with van der Waals surface area (Å²) in [5, 5.41) is 2.76. The van der Waals surface area contributed by atoms with Gasteiger partial charge in [-0.15, -0.1) is 0 Å². The number of hydrogen-bond donors (Lipinski definition) is 2. The third kappa shape index (κ3) is 4.14. The number of para-hydroxylation sites is 4. The second-order valence-corrected chi connectivity index (χ2v) is 4.30. The van der Waals surface area contributed by atoms with Gasteiger partial charge in [0, 0.05) is 0 Å². The molecule has 0 radical (unpaired) electrons. The summed E-state index contributed by atoms with van der Waals surface area (Å²) in [5.74, 6) is 0.851. The standard InChI is InChI=1S/C16H18N2O3/c1-2-20-15-10-6-4-8-13(15)18-16(19)11-21-14-9-5-3-7-12(14)17/h3-10H,2,11,17H2,1H3,(H,18,19). The Hall–Kier alpha value is -2.69. The van der Waals surface area contributed by atoms with Gasteiger partial charge in [-0.1, -0.05) is 24.3 Å². The molecule has 1 amide bonds. The number of anilines is 2. The second-order valence-electron chi connectivity index (χ2n) is 4.30. The van der Waals surface area contributed by atoms with Crippen molar-refractivity contribution in [3.8, 4) is 11.5 Å². The predicted octanol–water partition coefficient (Wildman–Crippen LogP) is 2.69. The Morgan fingerprint density at radius 2 is 1.71 bits per heavy atom. The minimum atomic E-state index is -0.273. The lowest BCUT2D eigenvalue weighted by Gasteiger charge is -2.12. The molecule has 0 spiro atoms. The Balaban J connectivity index is 1.95. The van der Waals surface area contributed by atoms with E-state index in [2.05, 4.69) is 5.32 Å². The zero-order valence-corrected chi connectivity index (χ0v) is 11.8. The van der Waals surface area contributed by atoms with Gasteiger partial charge in [0.2, 0.25) is 0 Å². The molecule has 0 fully saturated rings. The molecule has 0 atom stereocenters. The van der Waals surface area contributed by atoms with E-state index in [1.165, 1.54) is 0 Å². The molecule has 0 heterocycles. The van der Waals surface area contributed by atoms with Crippen molar-refractivity contribution in [2.45, 2.75) is 6.92 Å². The quantitative estimate of drug-likeness (QED) is 0.801. The van der Waals surface area contributed by atoms with Gasteiger partial charge in [-0.3, -0.25) is 4.79 Å². The second kappa shape index (κ2) is 7.19. The van der Waals surface area contributed by atoms with E-state index in [0.29, 0.717) is 29.5 Å². The molecule has 0 aromatic heterocycles. The first-order chi connectivity index (χ1) is 10.2. The molecule has 5 nitrogen and oxygen atoms in total. The van der Waals surface area contributed by atoms with Gasteiger partial charge in [-0.05, 0) is 31.2 Å². The maximum absolute atomic E-state index is 11.9. The Morgan fingerprint density at radius 3 is 2.43 bits per heavy atom. The largest absolute Gasteiger partial charge is 0.492 e. The number of benzene rings is 2. The number of carbonyl (C=O) groups is 1. The Bertz CT molecular complexity index is 614. The van der Waals surface area contributed by atoms with E-state index in [1.807, 2.05) is 19.1 Å². The van der Waals surface area contributed by atoms with Crippen molar-refractivity contribution in [1.29, 1.82) is 0 Å². The van der Waals surface area contributed by atoms with E-state index >= 15 is 0 Å². The van der Waals surface area contributed by atoms with Crippen molar-refractivity contribution in [3.63, 3.8) is 0 Å². The summed E-state index contributed by atoms with van der Waals surface area (Å²) in [6.45, 7) is 2.30. The molecule has 0 aliphatic carbocycles. The van der Waals surface area contributed by atoms with Crippen LogP contribution < -0.4 is 20.5 Å². The van der Waals surface area contributed by atoms with Crippen LogP contribution in [0.1, 0.15) is 6.92 Å². The number of hydrogen-bond acceptors (Lipinski definition) is 4. The zero-order valence-electron chi connectivity index (χ0n) is 11.8. The number of carbonyl (C=O) groups excluding carboxylic acids is 1. The van der Waals surface area contributed by atoms with Gasteiger partial charge in [0.05, 0.1) is 18.0 Å². The van der Waals surface area contributed by atoms with Gasteiger partial charge in [0.1, 0.15) is 11.5 Å². The molecule has 110 valence electrons. The van der Waals surface area contributed by atoms with Crippen LogP contribution in [0.25, 0.3) is 0 Å². The van der Waals surface area contributed by atoms with E-state index in [4.69, 9.17) is 15.2 Å². The van der Waals surface area contributed by atoms with Crippen LogP contribution in [-0.4, -0.2) is 19.1 Å². The first kappa shape index (κ1) is 14.7. The number of amides is 1. The van der Waals surface area contributed by atoms with Gasteiger partial charge in [-0.25, -0.2) is 0 Å². The summed E-state index contributed by atoms with van der Waals surface area (Å²) in [4.78, 5) is 11.9. The fourth-order valence-electron chi connectivity index (χ4n) is 1.79. The Morgan fingerprint density at radius 1 is 1.05 bits per heavy atom. The summed E-state index contributed by atoms with van der Waals surface area (Å²) in [6, 6.07) is 14.3. The van der Waals surface area contributed by atoms with E-state index in [9.17, 15) is 4.79 Å². The third-order valence-corrected chi connectivity index (χ3v) is 2.74. The molecule has 0 saturated carbocycles. The van der Waals surface area contributed by atoms with E-state index in [1.54, 1.807) is 36.4 Å². The molecule has 2 aromatic rings. The molecule has 21 heavy (non-hydrogen) atoms. The van der Waals surface area contributed by atoms with E-state index in [0.717, 1.165) is 0 Å². The molecular weight excluding hydrogens is 268 g/mol. The van der Waals surface area contributed by atoms with Crippen LogP contribution >= 0.6 is 0 Å². The zero-order chi connectivity index (χ0) is 15.1. The van der Waals surface area contributed by atoms with Gasteiger partial charge in [0.25, 0.3) is 5.91 Å². The highest BCUT2D eigenvalue weighted by Gasteiger charge is 2.08. The lowest BCUT2D eigenvalue weighted by molar-refractivity contribution is -0.118. The van der Waals surface area contributed by atoms with Gasteiger partial charge in [0.15, 0.2) is 6.61 Å². The van der Waals surface area contributed by atoms with Crippen LogP contribution in [0.2, 0.25) is 0 Å². The molecule has 5 heteroatoms. The number of nitrogens with one attached hydrogen (secondary N) is 1. The fraction of sp³-hybridized carbons (Fsp3) is 0.188. The van der Waals surface area contributed by atoms with Gasteiger partial charge < -0.3 is 20.5 Å². The fourth-order valence-corrected chi connectivity index (χ4v) is 1.79. The summed E-state index contributed by atoms with van der Waals surface area (Å²) in [6.07, 6.45) is 0. The van der Waals surface area contributed by atoms with Crippen LogP contribution in [0, 0.1) is 0 Å². The van der Waals surface area contributed by atoms with Crippen LogP contribution in [-0.2, 0) is 4.79 Å².